The van der Waals surface area contributed by atoms with Crippen molar-refractivity contribution in [2.24, 2.45) is 11.8 Å². The predicted molar refractivity (Wildman–Crippen MR) is 146 cm³/mol. The van der Waals surface area contributed by atoms with Crippen LogP contribution in [0.15, 0.2) is 72.9 Å². The number of nitrogens with one attached hydrogen (secondary N) is 2. The molecule has 1 aromatic heterocycles. The van der Waals surface area contributed by atoms with Crippen LogP contribution in [-0.4, -0.2) is 29.4 Å². The fourth-order valence-corrected chi connectivity index (χ4v) is 6.08. The van der Waals surface area contributed by atoms with Crippen LogP contribution >= 0.6 is 0 Å². The smallest absolute Gasteiger partial charge is 0.224 e. The summed E-state index contributed by atoms with van der Waals surface area (Å²) in [5.74, 6) is 0.430. The molecule has 5 rings (SSSR count). The number of aromatic nitrogens is 1. The van der Waals surface area contributed by atoms with E-state index in [1.807, 2.05) is 54.6 Å². The van der Waals surface area contributed by atoms with Crippen molar-refractivity contribution in [1.82, 2.24) is 15.6 Å². The first-order chi connectivity index (χ1) is 18.5. The SMILES string of the molecule is O=C(Cc1ccccc1)NCC1CCC(C(=O)N[C@@H]2CCc3cc(F)ccc3[C@H]2Cc2ccccn2)CC1. The maximum Gasteiger partial charge on any atom is 0.224 e. The third-order valence-electron chi connectivity index (χ3n) is 8.21. The monoisotopic (exact) mass is 513 g/mol. The molecule has 0 radical (unpaired) electrons. The van der Waals surface area contributed by atoms with Crippen LogP contribution in [0.5, 0.6) is 0 Å². The first-order valence-electron chi connectivity index (χ1n) is 13.8. The van der Waals surface area contributed by atoms with E-state index in [0.29, 0.717) is 25.3 Å². The number of carbonyl (C=O) groups is 2. The first-order valence-corrected chi connectivity index (χ1v) is 13.8. The summed E-state index contributed by atoms with van der Waals surface area (Å²) in [6.45, 7) is 0.669. The maximum absolute atomic E-state index is 13.9. The van der Waals surface area contributed by atoms with E-state index in [4.69, 9.17) is 0 Å². The zero-order valence-electron chi connectivity index (χ0n) is 21.7. The number of hydrogen-bond donors (Lipinski definition) is 2. The van der Waals surface area contributed by atoms with Crippen LogP contribution in [0.3, 0.4) is 0 Å². The number of nitrogens with zero attached hydrogens (tertiary/aromatic N) is 1. The van der Waals surface area contributed by atoms with Gasteiger partial charge >= 0.3 is 0 Å². The number of aryl methyl sites for hydroxylation is 1. The molecule has 0 unspecified atom stereocenters. The molecule has 0 bridgehead atoms. The zero-order valence-corrected chi connectivity index (χ0v) is 21.7. The van der Waals surface area contributed by atoms with E-state index in [9.17, 15) is 14.0 Å². The zero-order chi connectivity index (χ0) is 26.3. The third kappa shape index (κ3) is 6.66. The summed E-state index contributed by atoms with van der Waals surface area (Å²) in [5, 5.41) is 6.46. The molecule has 3 aromatic rings. The molecule has 2 atom stereocenters. The van der Waals surface area contributed by atoms with Crippen molar-refractivity contribution < 1.29 is 14.0 Å². The van der Waals surface area contributed by atoms with Crippen LogP contribution in [0.1, 0.15) is 60.4 Å². The number of rotatable bonds is 8. The Hall–Kier alpha value is -3.54. The summed E-state index contributed by atoms with van der Waals surface area (Å²) in [6.07, 6.45) is 8.00. The topological polar surface area (TPSA) is 71.1 Å². The highest BCUT2D eigenvalue weighted by molar-refractivity contribution is 5.79. The third-order valence-corrected chi connectivity index (χ3v) is 8.21. The van der Waals surface area contributed by atoms with Crippen LogP contribution in [0.2, 0.25) is 0 Å². The molecule has 2 aliphatic rings. The van der Waals surface area contributed by atoms with E-state index < -0.39 is 0 Å². The molecule has 0 aliphatic heterocycles. The second-order valence-corrected chi connectivity index (χ2v) is 10.8. The Morgan fingerprint density at radius 3 is 2.47 bits per heavy atom. The van der Waals surface area contributed by atoms with E-state index in [0.717, 1.165) is 60.9 Å². The molecule has 2 aliphatic carbocycles. The maximum atomic E-state index is 13.9. The minimum atomic E-state index is -0.212. The molecule has 2 aromatic carbocycles. The van der Waals surface area contributed by atoms with Gasteiger partial charge in [0, 0.05) is 36.3 Å². The molecule has 1 fully saturated rings. The van der Waals surface area contributed by atoms with E-state index in [1.54, 1.807) is 12.3 Å². The Morgan fingerprint density at radius 1 is 0.921 bits per heavy atom. The number of fused-ring (bicyclic) bond motifs is 1. The van der Waals surface area contributed by atoms with Crippen molar-refractivity contribution in [2.75, 3.05) is 6.54 Å². The van der Waals surface area contributed by atoms with Gasteiger partial charge in [-0.2, -0.15) is 0 Å². The summed E-state index contributed by atoms with van der Waals surface area (Å²) in [5.41, 5.74) is 4.14. The highest BCUT2D eigenvalue weighted by Gasteiger charge is 2.34. The predicted octanol–water partition coefficient (Wildman–Crippen LogP) is 5.14. The minimum absolute atomic E-state index is 0.00235. The second kappa shape index (κ2) is 12.3. The fraction of sp³-hybridized carbons (Fsp3) is 0.406. The lowest BCUT2D eigenvalue weighted by Crippen LogP contribution is -2.46. The van der Waals surface area contributed by atoms with Gasteiger partial charge in [0.1, 0.15) is 5.82 Å². The lowest BCUT2D eigenvalue weighted by Gasteiger charge is -2.36. The molecule has 6 heteroatoms. The molecule has 198 valence electrons. The molecule has 2 N–H and O–H groups in total. The van der Waals surface area contributed by atoms with Gasteiger partial charge < -0.3 is 10.6 Å². The van der Waals surface area contributed by atoms with Crippen LogP contribution in [0, 0.1) is 17.7 Å². The quantitative estimate of drug-likeness (QED) is 0.438. The molecule has 5 nitrogen and oxygen atoms in total. The van der Waals surface area contributed by atoms with Crippen molar-refractivity contribution in [3.05, 3.63) is 101 Å². The molecule has 0 spiro atoms. The van der Waals surface area contributed by atoms with Crippen LogP contribution < -0.4 is 10.6 Å². The van der Waals surface area contributed by atoms with E-state index in [-0.39, 0.29) is 35.5 Å². The number of carbonyl (C=O) groups excluding carboxylic acids is 2. The summed E-state index contributed by atoms with van der Waals surface area (Å²) >= 11 is 0. The summed E-state index contributed by atoms with van der Waals surface area (Å²) in [6, 6.07) is 20.7. The average molecular weight is 514 g/mol. The fourth-order valence-electron chi connectivity index (χ4n) is 6.08. The minimum Gasteiger partial charge on any atom is -0.356 e. The second-order valence-electron chi connectivity index (χ2n) is 10.8. The molecule has 38 heavy (non-hydrogen) atoms. The number of hydrogen-bond acceptors (Lipinski definition) is 3. The molecule has 1 saturated carbocycles. The van der Waals surface area contributed by atoms with Crippen molar-refractivity contribution in [3.63, 3.8) is 0 Å². The van der Waals surface area contributed by atoms with Crippen molar-refractivity contribution >= 4 is 11.8 Å². The highest BCUT2D eigenvalue weighted by atomic mass is 19.1. The Balaban J connectivity index is 1.14. The normalized spacial score (nSPS) is 22.8. The molecular weight excluding hydrogens is 477 g/mol. The van der Waals surface area contributed by atoms with Gasteiger partial charge in [0.2, 0.25) is 11.8 Å². The van der Waals surface area contributed by atoms with Crippen LogP contribution in [-0.2, 0) is 28.9 Å². The Morgan fingerprint density at radius 2 is 1.71 bits per heavy atom. The molecule has 2 amide bonds. The number of pyridine rings is 1. The van der Waals surface area contributed by atoms with Crippen LogP contribution in [0.25, 0.3) is 0 Å². The number of benzene rings is 2. The lowest BCUT2D eigenvalue weighted by molar-refractivity contribution is -0.127. The highest BCUT2D eigenvalue weighted by Crippen LogP contribution is 2.36. The van der Waals surface area contributed by atoms with Gasteiger partial charge in [-0.05, 0) is 91.8 Å². The molecule has 0 saturated heterocycles. The van der Waals surface area contributed by atoms with E-state index in [1.165, 1.54) is 6.07 Å². The average Bonchev–Trinajstić information content (AvgIpc) is 2.94. The van der Waals surface area contributed by atoms with Crippen molar-refractivity contribution in [2.45, 2.75) is 63.3 Å². The first kappa shape index (κ1) is 26.1. The van der Waals surface area contributed by atoms with Gasteiger partial charge in [-0.25, -0.2) is 4.39 Å². The number of halogens is 1. The summed E-state index contributed by atoms with van der Waals surface area (Å²) in [7, 11) is 0. The van der Waals surface area contributed by atoms with Gasteiger partial charge in [0.15, 0.2) is 0 Å². The lowest BCUT2D eigenvalue weighted by atomic mass is 9.76. The Bertz CT molecular complexity index is 1230. The Labute approximate surface area is 224 Å². The van der Waals surface area contributed by atoms with E-state index >= 15 is 0 Å². The van der Waals surface area contributed by atoms with Gasteiger partial charge in [0.05, 0.1) is 6.42 Å². The standard InChI is InChI=1S/C32H36FN3O2/c33-26-14-15-28-25(19-26)13-16-30(29(28)20-27-8-4-5-17-34-27)36-32(38)24-11-9-23(10-12-24)21-35-31(37)18-22-6-2-1-3-7-22/h1-8,14-15,17,19,23-24,29-30H,9-13,16,18,20-21H2,(H,35,37)(H,36,38)/t23?,24?,29-,30-/m1/s1. The van der Waals surface area contributed by atoms with Gasteiger partial charge in [-0.1, -0.05) is 42.5 Å². The van der Waals surface area contributed by atoms with Crippen LogP contribution in [0.4, 0.5) is 4.39 Å². The van der Waals surface area contributed by atoms with Crippen molar-refractivity contribution in [3.8, 4) is 0 Å². The largest absolute Gasteiger partial charge is 0.356 e. The summed E-state index contributed by atoms with van der Waals surface area (Å²) < 4.78 is 13.9. The number of amides is 2. The molecular formula is C32H36FN3O2. The Kier molecular flexibility index (Phi) is 8.47. The van der Waals surface area contributed by atoms with Gasteiger partial charge in [0.25, 0.3) is 0 Å². The van der Waals surface area contributed by atoms with E-state index in [2.05, 4.69) is 15.6 Å². The van der Waals surface area contributed by atoms with Gasteiger partial charge in [-0.15, -0.1) is 0 Å². The summed E-state index contributed by atoms with van der Waals surface area (Å²) in [4.78, 5) is 30.2. The van der Waals surface area contributed by atoms with Crippen molar-refractivity contribution in [1.29, 1.82) is 0 Å². The van der Waals surface area contributed by atoms with Gasteiger partial charge in [-0.3, -0.25) is 14.6 Å². The molecule has 1 heterocycles.